The maximum absolute atomic E-state index is 11.5. The van der Waals surface area contributed by atoms with Gasteiger partial charge in [-0.25, -0.2) is 9.78 Å². The molecule has 0 saturated carbocycles. The maximum atomic E-state index is 11.5. The van der Waals surface area contributed by atoms with E-state index in [0.717, 1.165) is 0 Å². The Hall–Kier alpha value is -2.09. The number of amides is 1. The van der Waals surface area contributed by atoms with Gasteiger partial charge in [0.05, 0.1) is 6.33 Å². The fraction of sp³-hybridized carbons (Fsp3) is 0.500. The van der Waals surface area contributed by atoms with Crippen LogP contribution in [0.1, 0.15) is 20.8 Å². The largest absolute Gasteiger partial charge is 0.444 e. The summed E-state index contributed by atoms with van der Waals surface area (Å²) in [5.41, 5.74) is 0.633. The van der Waals surface area contributed by atoms with Gasteiger partial charge in [0.25, 0.3) is 0 Å². The van der Waals surface area contributed by atoms with E-state index in [9.17, 15) is 4.79 Å². The van der Waals surface area contributed by atoms with E-state index in [1.54, 1.807) is 0 Å². The number of aromatic nitrogens is 4. The number of aromatic amines is 1. The molecule has 0 aliphatic rings. The molecule has 2 aromatic heterocycles. The molecule has 0 saturated heterocycles. The summed E-state index contributed by atoms with van der Waals surface area (Å²) in [4.78, 5) is 26.5. The summed E-state index contributed by atoms with van der Waals surface area (Å²) >= 11 is 5.81. The summed E-state index contributed by atoms with van der Waals surface area (Å²) < 4.78 is 5.13. The number of halogens is 1. The Morgan fingerprint density at radius 1 is 1.38 bits per heavy atom. The molecule has 0 aliphatic carbocycles. The predicted molar refractivity (Wildman–Crippen MR) is 79.4 cm³/mol. The molecule has 0 radical (unpaired) electrons. The smallest absolute Gasteiger partial charge is 0.407 e. The molecule has 0 aromatic carbocycles. The Bertz CT molecular complexity index is 636. The minimum absolute atomic E-state index is 0.109. The van der Waals surface area contributed by atoms with Crippen molar-refractivity contribution in [2.45, 2.75) is 26.4 Å². The zero-order valence-electron chi connectivity index (χ0n) is 12.0. The molecule has 0 atom stereocenters. The fourth-order valence-corrected chi connectivity index (χ4v) is 1.76. The van der Waals surface area contributed by atoms with Crippen LogP contribution >= 0.6 is 11.6 Å². The van der Waals surface area contributed by atoms with Crippen molar-refractivity contribution in [1.82, 2.24) is 25.3 Å². The molecular weight excluding hydrogens is 296 g/mol. The molecule has 114 valence electrons. The van der Waals surface area contributed by atoms with E-state index in [-0.39, 0.29) is 5.28 Å². The number of carbonyl (C=O) groups excluding carboxylic acids is 1. The van der Waals surface area contributed by atoms with Crippen LogP contribution in [0.4, 0.5) is 10.6 Å². The number of rotatable bonds is 4. The van der Waals surface area contributed by atoms with E-state index in [0.29, 0.717) is 30.1 Å². The molecule has 3 N–H and O–H groups in total. The van der Waals surface area contributed by atoms with Gasteiger partial charge in [-0.3, -0.25) is 0 Å². The van der Waals surface area contributed by atoms with Crippen molar-refractivity contribution in [3.05, 3.63) is 11.6 Å². The van der Waals surface area contributed by atoms with E-state index >= 15 is 0 Å². The first-order valence-corrected chi connectivity index (χ1v) is 6.80. The second kappa shape index (κ2) is 6.13. The number of imidazole rings is 1. The molecule has 0 aliphatic heterocycles. The number of H-pyrrole nitrogens is 1. The fourth-order valence-electron chi connectivity index (χ4n) is 1.59. The number of nitrogens with one attached hydrogen (secondary N) is 3. The van der Waals surface area contributed by atoms with Crippen LogP contribution in [0.25, 0.3) is 11.2 Å². The summed E-state index contributed by atoms with van der Waals surface area (Å²) in [5, 5.41) is 5.80. The van der Waals surface area contributed by atoms with Gasteiger partial charge < -0.3 is 20.4 Å². The lowest BCUT2D eigenvalue weighted by Gasteiger charge is -2.19. The highest BCUT2D eigenvalue weighted by Gasteiger charge is 2.15. The van der Waals surface area contributed by atoms with Crippen molar-refractivity contribution in [1.29, 1.82) is 0 Å². The van der Waals surface area contributed by atoms with Crippen molar-refractivity contribution in [2.75, 3.05) is 18.4 Å². The number of ether oxygens (including phenoxy) is 1. The summed E-state index contributed by atoms with van der Waals surface area (Å²) in [6.07, 6.45) is 1.05. The summed E-state index contributed by atoms with van der Waals surface area (Å²) in [6, 6.07) is 0. The molecule has 21 heavy (non-hydrogen) atoms. The molecule has 1 amide bonds. The van der Waals surface area contributed by atoms with Crippen LogP contribution in [0.5, 0.6) is 0 Å². The number of carbonyl (C=O) groups is 1. The Morgan fingerprint density at radius 3 is 2.86 bits per heavy atom. The monoisotopic (exact) mass is 312 g/mol. The SMILES string of the molecule is CC(C)(C)OC(=O)NCCNc1nc(Cl)nc2nc[nH]c12. The van der Waals surface area contributed by atoms with Gasteiger partial charge in [0, 0.05) is 13.1 Å². The minimum atomic E-state index is -0.514. The van der Waals surface area contributed by atoms with Gasteiger partial charge in [0.15, 0.2) is 11.5 Å². The minimum Gasteiger partial charge on any atom is -0.444 e. The highest BCUT2D eigenvalue weighted by molar-refractivity contribution is 6.28. The van der Waals surface area contributed by atoms with Gasteiger partial charge >= 0.3 is 6.09 Å². The quantitative estimate of drug-likeness (QED) is 0.588. The zero-order valence-corrected chi connectivity index (χ0v) is 12.8. The van der Waals surface area contributed by atoms with E-state index < -0.39 is 11.7 Å². The van der Waals surface area contributed by atoms with Crippen molar-refractivity contribution in [3.63, 3.8) is 0 Å². The standard InChI is InChI=1S/C12H17ClN6O2/c1-12(2,3)21-11(20)15-5-4-14-8-7-9(17-6-16-7)19-10(13)18-8/h6H,4-5H2,1-3H3,(H,15,20)(H2,14,16,17,18,19). The van der Waals surface area contributed by atoms with Crippen molar-refractivity contribution < 1.29 is 9.53 Å². The van der Waals surface area contributed by atoms with Crippen molar-refractivity contribution in [2.24, 2.45) is 0 Å². The molecule has 2 heterocycles. The van der Waals surface area contributed by atoms with E-state index in [2.05, 4.69) is 30.6 Å². The lowest BCUT2D eigenvalue weighted by molar-refractivity contribution is 0.0530. The van der Waals surface area contributed by atoms with Crippen LogP contribution < -0.4 is 10.6 Å². The second-order valence-corrected chi connectivity index (χ2v) is 5.64. The molecule has 2 aromatic rings. The topological polar surface area (TPSA) is 105 Å². The molecule has 0 bridgehead atoms. The molecule has 8 nitrogen and oxygen atoms in total. The number of anilines is 1. The van der Waals surface area contributed by atoms with E-state index in [1.165, 1.54) is 6.33 Å². The van der Waals surface area contributed by atoms with Gasteiger partial charge in [-0.15, -0.1) is 0 Å². The maximum Gasteiger partial charge on any atom is 0.407 e. The van der Waals surface area contributed by atoms with Gasteiger partial charge in [-0.1, -0.05) is 0 Å². The summed E-state index contributed by atoms with van der Waals surface area (Å²) in [7, 11) is 0. The molecule has 0 unspecified atom stereocenters. The summed E-state index contributed by atoms with van der Waals surface area (Å²) in [5.74, 6) is 0.536. The van der Waals surface area contributed by atoms with E-state index in [4.69, 9.17) is 16.3 Å². The number of hydrogen-bond acceptors (Lipinski definition) is 6. The first kappa shape index (κ1) is 15.3. The number of fused-ring (bicyclic) bond motifs is 1. The lowest BCUT2D eigenvalue weighted by Crippen LogP contribution is -2.35. The highest BCUT2D eigenvalue weighted by Crippen LogP contribution is 2.17. The summed E-state index contributed by atoms with van der Waals surface area (Å²) in [6.45, 7) is 6.26. The van der Waals surface area contributed by atoms with Crippen LogP contribution in [0.2, 0.25) is 5.28 Å². The first-order valence-electron chi connectivity index (χ1n) is 6.42. The predicted octanol–water partition coefficient (Wildman–Crippen LogP) is 1.94. The zero-order chi connectivity index (χ0) is 15.5. The van der Waals surface area contributed by atoms with Crippen LogP contribution in [0, 0.1) is 0 Å². The lowest BCUT2D eigenvalue weighted by atomic mass is 10.2. The molecule has 0 spiro atoms. The molecular formula is C12H17ClN6O2. The van der Waals surface area contributed by atoms with Crippen LogP contribution in [-0.2, 0) is 4.74 Å². The number of hydrogen-bond donors (Lipinski definition) is 3. The van der Waals surface area contributed by atoms with Crippen LogP contribution in [-0.4, -0.2) is 44.7 Å². The number of alkyl carbamates (subject to hydrolysis) is 1. The van der Waals surface area contributed by atoms with Crippen LogP contribution in [0.3, 0.4) is 0 Å². The van der Waals surface area contributed by atoms with Gasteiger partial charge in [0.1, 0.15) is 11.1 Å². The van der Waals surface area contributed by atoms with Gasteiger partial charge in [-0.05, 0) is 32.4 Å². The average molecular weight is 313 g/mol. The third-order valence-corrected chi connectivity index (χ3v) is 2.51. The normalized spacial score (nSPS) is 11.4. The van der Waals surface area contributed by atoms with Crippen LogP contribution in [0.15, 0.2) is 6.33 Å². The molecule has 0 fully saturated rings. The molecule has 9 heteroatoms. The Morgan fingerprint density at radius 2 is 2.14 bits per heavy atom. The third-order valence-electron chi connectivity index (χ3n) is 2.34. The second-order valence-electron chi connectivity index (χ2n) is 5.30. The average Bonchev–Trinajstić information content (AvgIpc) is 2.80. The van der Waals surface area contributed by atoms with Gasteiger partial charge in [0.2, 0.25) is 5.28 Å². The van der Waals surface area contributed by atoms with Crippen molar-refractivity contribution in [3.8, 4) is 0 Å². The number of nitrogens with zero attached hydrogens (tertiary/aromatic N) is 3. The third kappa shape index (κ3) is 4.45. The van der Waals surface area contributed by atoms with Crippen molar-refractivity contribution >= 4 is 34.7 Å². The highest BCUT2D eigenvalue weighted by atomic mass is 35.5. The first-order chi connectivity index (χ1) is 9.85. The van der Waals surface area contributed by atoms with E-state index in [1.807, 2.05) is 20.8 Å². The Kier molecular flexibility index (Phi) is 4.46. The molecule has 2 rings (SSSR count). The van der Waals surface area contributed by atoms with Gasteiger partial charge in [-0.2, -0.15) is 9.97 Å². The Balaban J connectivity index is 1.85. The Labute approximate surface area is 126 Å².